The van der Waals surface area contributed by atoms with Gasteiger partial charge in [-0.2, -0.15) is 0 Å². The lowest BCUT2D eigenvalue weighted by atomic mass is 9.95. The molecule has 160 valence electrons. The monoisotopic (exact) mass is 420 g/mol. The molecule has 3 aliphatic heterocycles. The zero-order valence-electron chi connectivity index (χ0n) is 17.3. The third kappa shape index (κ3) is 3.49. The molecule has 0 radical (unpaired) electrons. The predicted molar refractivity (Wildman–Crippen MR) is 112 cm³/mol. The summed E-state index contributed by atoms with van der Waals surface area (Å²) in [6.45, 7) is 2.95. The molecule has 5 rings (SSSR count). The van der Waals surface area contributed by atoms with Crippen LogP contribution in [0.5, 0.6) is 5.75 Å². The number of carbonyl (C=O) groups is 2. The van der Waals surface area contributed by atoms with Gasteiger partial charge in [0.15, 0.2) is 0 Å². The Bertz CT molecular complexity index is 1060. The van der Waals surface area contributed by atoms with Crippen LogP contribution >= 0.6 is 0 Å². The number of ether oxygens (including phenoxy) is 2. The van der Waals surface area contributed by atoms with Crippen molar-refractivity contribution in [1.82, 2.24) is 9.88 Å². The largest absolute Gasteiger partial charge is 0.507 e. The van der Waals surface area contributed by atoms with Gasteiger partial charge in [-0.25, -0.2) is 0 Å². The van der Waals surface area contributed by atoms with Crippen LogP contribution in [0.15, 0.2) is 48.3 Å². The SMILES string of the molecule is C[C@@H]1Cc2cc(C(O)=C3C(=O)C(=O)N(C[C@H]4CCCO4)[C@@H]3c3ccncc3)ccc2O1. The second-order valence-corrected chi connectivity index (χ2v) is 8.32. The Hall–Kier alpha value is -3.19. The third-order valence-electron chi connectivity index (χ3n) is 6.16. The second kappa shape index (κ2) is 7.81. The number of aliphatic hydroxyl groups excluding tert-OH is 1. The van der Waals surface area contributed by atoms with Gasteiger partial charge in [-0.3, -0.25) is 14.6 Å². The fourth-order valence-corrected chi connectivity index (χ4v) is 4.69. The van der Waals surface area contributed by atoms with Crippen molar-refractivity contribution in [3.63, 3.8) is 0 Å². The number of hydrogen-bond acceptors (Lipinski definition) is 6. The Labute approximate surface area is 180 Å². The van der Waals surface area contributed by atoms with Gasteiger partial charge in [0.2, 0.25) is 0 Å². The van der Waals surface area contributed by atoms with E-state index in [2.05, 4.69) is 4.98 Å². The number of fused-ring (bicyclic) bond motifs is 1. The molecule has 0 aliphatic carbocycles. The second-order valence-electron chi connectivity index (χ2n) is 8.32. The number of likely N-dealkylation sites (tertiary alicyclic amines) is 1. The first kappa shape index (κ1) is 19.8. The van der Waals surface area contributed by atoms with Crippen molar-refractivity contribution < 1.29 is 24.2 Å². The average molecular weight is 420 g/mol. The van der Waals surface area contributed by atoms with E-state index in [1.807, 2.05) is 13.0 Å². The molecule has 2 fully saturated rings. The Morgan fingerprint density at radius 2 is 2.03 bits per heavy atom. The van der Waals surface area contributed by atoms with Crippen LogP contribution in [0.25, 0.3) is 5.76 Å². The van der Waals surface area contributed by atoms with Gasteiger partial charge in [-0.1, -0.05) is 0 Å². The smallest absolute Gasteiger partial charge is 0.295 e. The number of carbonyl (C=O) groups excluding carboxylic acids is 2. The minimum atomic E-state index is -0.685. The molecule has 0 saturated carbocycles. The van der Waals surface area contributed by atoms with Gasteiger partial charge in [0.1, 0.15) is 17.6 Å². The zero-order valence-corrected chi connectivity index (χ0v) is 17.3. The lowest BCUT2D eigenvalue weighted by Gasteiger charge is -2.27. The van der Waals surface area contributed by atoms with Gasteiger partial charge < -0.3 is 19.5 Å². The molecule has 2 aromatic rings. The summed E-state index contributed by atoms with van der Waals surface area (Å²) in [5.41, 5.74) is 2.31. The number of nitrogens with zero attached hydrogens (tertiary/aromatic N) is 2. The summed E-state index contributed by atoms with van der Waals surface area (Å²) in [4.78, 5) is 31.7. The van der Waals surface area contributed by atoms with Gasteiger partial charge in [0, 0.05) is 37.5 Å². The number of Topliss-reactive ketones (excluding diaryl/α,β-unsaturated/α-hetero) is 1. The van der Waals surface area contributed by atoms with Crippen molar-refractivity contribution in [1.29, 1.82) is 0 Å². The summed E-state index contributed by atoms with van der Waals surface area (Å²) in [7, 11) is 0. The summed E-state index contributed by atoms with van der Waals surface area (Å²) >= 11 is 0. The molecule has 0 bridgehead atoms. The minimum absolute atomic E-state index is 0.0706. The lowest BCUT2D eigenvalue weighted by molar-refractivity contribution is -0.140. The highest BCUT2D eigenvalue weighted by Crippen LogP contribution is 2.41. The molecule has 7 nitrogen and oxygen atoms in total. The first-order chi connectivity index (χ1) is 15.0. The lowest BCUT2D eigenvalue weighted by Crippen LogP contribution is -2.36. The molecule has 1 amide bonds. The van der Waals surface area contributed by atoms with Gasteiger partial charge in [0.05, 0.1) is 17.7 Å². The fraction of sp³-hybridized carbons (Fsp3) is 0.375. The Kier molecular flexibility index (Phi) is 4.98. The minimum Gasteiger partial charge on any atom is -0.507 e. The summed E-state index contributed by atoms with van der Waals surface area (Å²) in [6.07, 6.45) is 5.71. The van der Waals surface area contributed by atoms with Crippen LogP contribution in [0.2, 0.25) is 0 Å². The molecule has 0 unspecified atom stereocenters. The maximum absolute atomic E-state index is 13.1. The summed E-state index contributed by atoms with van der Waals surface area (Å²) in [5, 5.41) is 11.2. The van der Waals surface area contributed by atoms with E-state index in [-0.39, 0.29) is 23.5 Å². The molecule has 7 heteroatoms. The van der Waals surface area contributed by atoms with Crippen LogP contribution in [0.4, 0.5) is 0 Å². The van der Waals surface area contributed by atoms with Crippen LogP contribution < -0.4 is 4.74 Å². The van der Waals surface area contributed by atoms with Crippen molar-refractivity contribution in [2.45, 2.75) is 44.4 Å². The number of hydrogen-bond donors (Lipinski definition) is 1. The number of rotatable bonds is 4. The quantitative estimate of drug-likeness (QED) is 0.465. The van der Waals surface area contributed by atoms with E-state index < -0.39 is 17.7 Å². The standard InChI is InChI=1S/C24H24N2O5/c1-14-11-17-12-16(4-5-19(17)31-14)22(27)20-21(15-6-8-25-9-7-15)26(24(29)23(20)28)13-18-3-2-10-30-18/h4-9,12,14,18,21,27H,2-3,10-11,13H2,1H3/t14-,18-,21-/m1/s1. The normalized spacial score (nSPS) is 26.9. The number of benzene rings is 1. The summed E-state index contributed by atoms with van der Waals surface area (Å²) in [5.74, 6) is -0.676. The molecule has 4 heterocycles. The van der Waals surface area contributed by atoms with E-state index in [9.17, 15) is 14.7 Å². The van der Waals surface area contributed by atoms with E-state index in [1.54, 1.807) is 36.7 Å². The zero-order chi connectivity index (χ0) is 21.5. The first-order valence-corrected chi connectivity index (χ1v) is 10.6. The molecular weight excluding hydrogens is 396 g/mol. The van der Waals surface area contributed by atoms with Gasteiger partial charge in [-0.05, 0) is 61.2 Å². The molecule has 3 atom stereocenters. The van der Waals surface area contributed by atoms with Crippen LogP contribution in [0.1, 0.15) is 42.5 Å². The molecular formula is C24H24N2O5. The number of aliphatic hydroxyl groups is 1. The Balaban J connectivity index is 1.59. The van der Waals surface area contributed by atoms with Crippen molar-refractivity contribution >= 4 is 17.4 Å². The molecule has 1 aromatic carbocycles. The molecule has 1 N–H and O–H groups in total. The number of amides is 1. The van der Waals surface area contributed by atoms with Gasteiger partial charge in [0.25, 0.3) is 11.7 Å². The van der Waals surface area contributed by atoms with Gasteiger partial charge >= 0.3 is 0 Å². The van der Waals surface area contributed by atoms with Gasteiger partial charge in [-0.15, -0.1) is 0 Å². The molecule has 0 spiro atoms. The fourth-order valence-electron chi connectivity index (χ4n) is 4.69. The summed E-state index contributed by atoms with van der Waals surface area (Å²) in [6, 6.07) is 8.22. The van der Waals surface area contributed by atoms with E-state index in [1.165, 1.54) is 4.90 Å². The van der Waals surface area contributed by atoms with E-state index in [4.69, 9.17) is 9.47 Å². The van der Waals surface area contributed by atoms with Crippen molar-refractivity contribution in [3.8, 4) is 5.75 Å². The highest BCUT2D eigenvalue weighted by Gasteiger charge is 2.47. The number of ketones is 1. The summed E-state index contributed by atoms with van der Waals surface area (Å²) < 4.78 is 11.5. The van der Waals surface area contributed by atoms with Crippen LogP contribution in [0, 0.1) is 0 Å². The van der Waals surface area contributed by atoms with Crippen molar-refractivity contribution in [2.24, 2.45) is 0 Å². The van der Waals surface area contributed by atoms with Crippen molar-refractivity contribution in [2.75, 3.05) is 13.2 Å². The topological polar surface area (TPSA) is 89.0 Å². The van der Waals surface area contributed by atoms with Crippen LogP contribution in [-0.4, -0.2) is 52.0 Å². The van der Waals surface area contributed by atoms with Crippen LogP contribution in [0.3, 0.4) is 0 Å². The molecule has 31 heavy (non-hydrogen) atoms. The van der Waals surface area contributed by atoms with Crippen LogP contribution in [-0.2, 0) is 20.7 Å². The number of pyridine rings is 1. The molecule has 1 aromatic heterocycles. The maximum atomic E-state index is 13.1. The maximum Gasteiger partial charge on any atom is 0.295 e. The Morgan fingerprint density at radius 1 is 1.23 bits per heavy atom. The van der Waals surface area contributed by atoms with E-state index in [0.717, 1.165) is 36.1 Å². The number of aromatic nitrogens is 1. The third-order valence-corrected chi connectivity index (χ3v) is 6.16. The first-order valence-electron chi connectivity index (χ1n) is 10.6. The molecule has 3 aliphatic rings. The molecule has 2 saturated heterocycles. The highest BCUT2D eigenvalue weighted by molar-refractivity contribution is 6.46. The van der Waals surface area contributed by atoms with E-state index >= 15 is 0 Å². The highest BCUT2D eigenvalue weighted by atomic mass is 16.5. The van der Waals surface area contributed by atoms with Crippen molar-refractivity contribution in [3.05, 3.63) is 65.0 Å². The predicted octanol–water partition coefficient (Wildman–Crippen LogP) is 3.01. The average Bonchev–Trinajstić information content (AvgIpc) is 3.48. The van der Waals surface area contributed by atoms with E-state index in [0.29, 0.717) is 18.7 Å². The Morgan fingerprint density at radius 3 is 2.77 bits per heavy atom.